The molecule has 0 unspecified atom stereocenters. The summed E-state index contributed by atoms with van der Waals surface area (Å²) in [6.07, 6.45) is 3.27. The second-order valence-electron chi connectivity index (χ2n) is 5.82. The molecule has 152 valence electrons. The molecule has 3 aromatic heterocycles. The number of methoxy groups -OCH3 is 1. The number of nitrogens with zero attached hydrogens (tertiary/aromatic N) is 6. The smallest absolute Gasteiger partial charge is 0.252 e. The summed E-state index contributed by atoms with van der Waals surface area (Å²) in [5, 5.41) is 8.31. The maximum atomic E-state index is 13.7. The first-order valence-electron chi connectivity index (χ1n) is 8.32. The molecule has 0 amide bonds. The Hall–Kier alpha value is -4.09. The monoisotopic (exact) mass is 417 g/mol. The van der Waals surface area contributed by atoms with Gasteiger partial charge in [-0.3, -0.25) is 5.43 Å². The van der Waals surface area contributed by atoms with E-state index in [1.165, 1.54) is 24.3 Å². The summed E-state index contributed by atoms with van der Waals surface area (Å²) in [7, 11) is 1.54. The molecule has 0 fully saturated rings. The number of halogens is 4. The lowest BCUT2D eigenvalue weighted by atomic mass is 10.2. The van der Waals surface area contributed by atoms with E-state index >= 15 is 0 Å². The number of aromatic nitrogens is 5. The number of nitrogens with one attached hydrogen (secondary N) is 1. The van der Waals surface area contributed by atoms with Crippen LogP contribution in [0.25, 0.3) is 16.7 Å². The highest BCUT2D eigenvalue weighted by Gasteiger charge is 2.19. The minimum atomic E-state index is -1.78. The van der Waals surface area contributed by atoms with Gasteiger partial charge in [0.15, 0.2) is 23.1 Å². The molecule has 1 aromatic carbocycles. The van der Waals surface area contributed by atoms with E-state index in [-0.39, 0.29) is 5.82 Å². The van der Waals surface area contributed by atoms with E-state index < -0.39 is 29.1 Å². The van der Waals surface area contributed by atoms with Crippen molar-refractivity contribution in [1.82, 2.24) is 24.7 Å². The molecule has 0 saturated heterocycles. The number of pyridine rings is 1. The van der Waals surface area contributed by atoms with Crippen molar-refractivity contribution in [2.45, 2.75) is 0 Å². The van der Waals surface area contributed by atoms with Crippen LogP contribution in [0.2, 0.25) is 0 Å². The third-order valence-corrected chi connectivity index (χ3v) is 4.06. The molecule has 4 aromatic rings. The van der Waals surface area contributed by atoms with Crippen LogP contribution in [0, 0.1) is 23.5 Å². The van der Waals surface area contributed by atoms with Crippen LogP contribution < -0.4 is 10.2 Å². The predicted molar refractivity (Wildman–Crippen MR) is 98.5 cm³/mol. The second-order valence-corrected chi connectivity index (χ2v) is 5.82. The lowest BCUT2D eigenvalue weighted by Crippen LogP contribution is -2.06. The van der Waals surface area contributed by atoms with Crippen LogP contribution >= 0.6 is 0 Å². The quantitative estimate of drug-likeness (QED) is 0.232. The first kappa shape index (κ1) is 19.2. The molecule has 3 heterocycles. The van der Waals surface area contributed by atoms with Gasteiger partial charge >= 0.3 is 0 Å². The van der Waals surface area contributed by atoms with Crippen molar-refractivity contribution in [2.24, 2.45) is 5.10 Å². The highest BCUT2D eigenvalue weighted by molar-refractivity contribution is 5.88. The van der Waals surface area contributed by atoms with E-state index in [1.807, 2.05) is 0 Å². The van der Waals surface area contributed by atoms with E-state index in [9.17, 15) is 17.6 Å². The zero-order valence-corrected chi connectivity index (χ0v) is 15.1. The zero-order valence-electron chi connectivity index (χ0n) is 15.1. The van der Waals surface area contributed by atoms with Crippen molar-refractivity contribution in [3.63, 3.8) is 0 Å². The van der Waals surface area contributed by atoms with Gasteiger partial charge in [-0.2, -0.15) is 24.0 Å². The van der Waals surface area contributed by atoms with Gasteiger partial charge < -0.3 is 4.74 Å². The summed E-state index contributed by atoms with van der Waals surface area (Å²) >= 11 is 0. The summed E-state index contributed by atoms with van der Waals surface area (Å²) in [6.45, 7) is 0. The molecule has 12 heteroatoms. The topological polar surface area (TPSA) is 90.1 Å². The van der Waals surface area contributed by atoms with Crippen molar-refractivity contribution >= 4 is 23.1 Å². The Balaban J connectivity index is 1.67. The van der Waals surface area contributed by atoms with Gasteiger partial charge in [0, 0.05) is 6.07 Å². The third kappa shape index (κ3) is 3.38. The van der Waals surface area contributed by atoms with Crippen molar-refractivity contribution in [1.29, 1.82) is 0 Å². The largest absolute Gasteiger partial charge is 0.497 e. The molecule has 0 radical (unpaired) electrons. The Kier molecular flexibility index (Phi) is 4.96. The van der Waals surface area contributed by atoms with E-state index in [0.717, 1.165) is 0 Å². The van der Waals surface area contributed by atoms with Gasteiger partial charge in [0.1, 0.15) is 12.1 Å². The highest BCUT2D eigenvalue weighted by Crippen LogP contribution is 2.23. The summed E-state index contributed by atoms with van der Waals surface area (Å²) < 4.78 is 60.4. The Bertz CT molecular complexity index is 1250. The van der Waals surface area contributed by atoms with Gasteiger partial charge in [0.05, 0.1) is 36.2 Å². The number of hydrogen-bond donors (Lipinski definition) is 1. The van der Waals surface area contributed by atoms with Crippen LogP contribution in [0.1, 0.15) is 5.56 Å². The van der Waals surface area contributed by atoms with Crippen LogP contribution in [0.5, 0.6) is 5.75 Å². The predicted octanol–water partition coefficient (Wildman–Crippen LogP) is 3.22. The first-order valence-corrected chi connectivity index (χ1v) is 8.32. The number of benzene rings is 1. The summed E-state index contributed by atoms with van der Waals surface area (Å²) in [6, 6.07) is 7.09. The van der Waals surface area contributed by atoms with Gasteiger partial charge in [0.2, 0.25) is 0 Å². The molecule has 8 nitrogen and oxygen atoms in total. The number of rotatable bonds is 5. The SMILES string of the molecule is COc1cccc(-n2ncc3c(N/N=C/c4c(F)c(F)nc(F)c4F)ncnc32)c1. The van der Waals surface area contributed by atoms with Gasteiger partial charge in [-0.1, -0.05) is 6.07 Å². The van der Waals surface area contributed by atoms with Crippen LogP contribution in [0.3, 0.4) is 0 Å². The summed E-state index contributed by atoms with van der Waals surface area (Å²) in [5.74, 6) is -6.12. The normalized spacial score (nSPS) is 11.4. The molecule has 0 aliphatic carbocycles. The molecule has 0 aliphatic rings. The Morgan fingerprint density at radius 1 is 1.10 bits per heavy atom. The average Bonchev–Trinajstić information content (AvgIpc) is 3.20. The maximum Gasteiger partial charge on any atom is 0.252 e. The molecular weight excluding hydrogens is 406 g/mol. The van der Waals surface area contributed by atoms with Gasteiger partial charge in [-0.15, -0.1) is 0 Å². The Morgan fingerprint density at radius 2 is 1.87 bits per heavy atom. The molecule has 0 spiro atoms. The molecule has 30 heavy (non-hydrogen) atoms. The number of fused-ring (bicyclic) bond motifs is 1. The van der Waals surface area contributed by atoms with E-state index in [1.54, 1.807) is 24.3 Å². The van der Waals surface area contributed by atoms with Crippen LogP contribution in [0.4, 0.5) is 23.4 Å². The Labute approximate surface area is 165 Å². The van der Waals surface area contributed by atoms with Crippen LogP contribution in [0.15, 0.2) is 41.9 Å². The minimum Gasteiger partial charge on any atom is -0.497 e. The maximum absolute atomic E-state index is 13.7. The molecule has 0 aliphatic heterocycles. The molecule has 0 atom stereocenters. The summed E-state index contributed by atoms with van der Waals surface area (Å²) in [5.41, 5.74) is 2.52. The molecule has 1 N–H and O–H groups in total. The van der Waals surface area contributed by atoms with E-state index in [4.69, 9.17) is 4.74 Å². The van der Waals surface area contributed by atoms with Crippen molar-refractivity contribution in [3.8, 4) is 11.4 Å². The van der Waals surface area contributed by atoms with Crippen molar-refractivity contribution in [2.75, 3.05) is 12.5 Å². The van der Waals surface area contributed by atoms with E-state index in [0.29, 0.717) is 28.7 Å². The zero-order chi connectivity index (χ0) is 21.3. The molecular formula is C18H11F4N7O. The van der Waals surface area contributed by atoms with Crippen molar-refractivity contribution in [3.05, 3.63) is 65.9 Å². The molecule has 0 saturated carbocycles. The molecule has 4 rings (SSSR count). The van der Waals surface area contributed by atoms with Crippen LogP contribution in [-0.2, 0) is 0 Å². The van der Waals surface area contributed by atoms with Gasteiger partial charge in [0.25, 0.3) is 11.9 Å². The average molecular weight is 417 g/mol. The number of ether oxygens (including phenoxy) is 1. The number of hydrazone groups is 1. The highest BCUT2D eigenvalue weighted by atomic mass is 19.2. The second kappa shape index (κ2) is 7.73. The van der Waals surface area contributed by atoms with Gasteiger partial charge in [-0.05, 0) is 12.1 Å². The third-order valence-electron chi connectivity index (χ3n) is 4.06. The van der Waals surface area contributed by atoms with Crippen LogP contribution in [-0.4, -0.2) is 38.1 Å². The minimum absolute atomic E-state index is 0.154. The lowest BCUT2D eigenvalue weighted by Gasteiger charge is -2.06. The van der Waals surface area contributed by atoms with E-state index in [2.05, 4.69) is 30.6 Å². The number of hydrogen-bond acceptors (Lipinski definition) is 7. The molecule has 0 bridgehead atoms. The lowest BCUT2D eigenvalue weighted by molar-refractivity contribution is 0.405. The van der Waals surface area contributed by atoms with Crippen molar-refractivity contribution < 1.29 is 22.3 Å². The fourth-order valence-corrected chi connectivity index (χ4v) is 2.64. The van der Waals surface area contributed by atoms with Gasteiger partial charge in [-0.25, -0.2) is 23.4 Å². The standard InChI is InChI=1S/C18H11F4N7O/c1-30-10-4-2-3-9(5-10)29-18-12(7-26-29)17(23-8-24-18)28-25-6-11-13(19)15(21)27-16(22)14(11)20/h2-8H,1H3,(H,23,24,28)/b25-6+. The Morgan fingerprint density at radius 3 is 2.60 bits per heavy atom. The number of anilines is 1. The first-order chi connectivity index (χ1) is 14.5. The summed E-state index contributed by atoms with van der Waals surface area (Å²) in [4.78, 5) is 10.7. The fraction of sp³-hybridized carbons (Fsp3) is 0.0556. The fourth-order valence-electron chi connectivity index (χ4n) is 2.64.